The molecule has 1 aliphatic heterocycles. The third kappa shape index (κ3) is 3.71. The zero-order chi connectivity index (χ0) is 19.7. The first-order valence-corrected chi connectivity index (χ1v) is 8.58. The molecule has 3 rings (SSSR count). The second kappa shape index (κ2) is 7.49. The molecule has 0 aliphatic carbocycles. The Kier molecular flexibility index (Phi) is 5.29. The number of nitrogens with zero attached hydrogens (tertiary/aromatic N) is 1. The summed E-state index contributed by atoms with van der Waals surface area (Å²) in [5, 5.41) is 21.1. The quantitative estimate of drug-likeness (QED) is 0.645. The van der Waals surface area contributed by atoms with Crippen LogP contribution in [0.25, 0.3) is 0 Å². The highest BCUT2D eigenvalue weighted by molar-refractivity contribution is 9.10. The number of benzene rings is 1. The number of nitrogens with one attached hydrogen (secondary N) is 1. The van der Waals surface area contributed by atoms with Crippen LogP contribution in [0, 0.1) is 5.82 Å². The lowest BCUT2D eigenvalue weighted by Gasteiger charge is -2.16. The predicted molar refractivity (Wildman–Crippen MR) is 94.0 cm³/mol. The molecule has 1 aromatic carbocycles. The molecule has 1 amide bonds. The van der Waals surface area contributed by atoms with Crippen molar-refractivity contribution in [2.45, 2.75) is 19.8 Å². The first-order chi connectivity index (χ1) is 12.8. The lowest BCUT2D eigenvalue weighted by molar-refractivity contribution is -0.135. The summed E-state index contributed by atoms with van der Waals surface area (Å²) in [6.07, 6.45) is 0. The molecule has 0 radical (unpaired) electrons. The van der Waals surface area contributed by atoms with E-state index in [1.165, 1.54) is 12.1 Å². The van der Waals surface area contributed by atoms with E-state index in [1.54, 1.807) is 6.07 Å². The molecular formula is C17H14BrFN2O6. The number of carboxylic acids is 1. The molecule has 0 atom stereocenters. The van der Waals surface area contributed by atoms with Gasteiger partial charge in [0.2, 0.25) is 0 Å². The third-order valence-electron chi connectivity index (χ3n) is 4.11. The van der Waals surface area contributed by atoms with E-state index >= 15 is 0 Å². The van der Waals surface area contributed by atoms with Gasteiger partial charge in [-0.1, -0.05) is 22.0 Å². The van der Waals surface area contributed by atoms with Crippen molar-refractivity contribution in [2.24, 2.45) is 0 Å². The number of rotatable bonds is 5. The second-order valence-corrected chi connectivity index (χ2v) is 6.76. The number of aromatic hydroxyl groups is 1. The first-order valence-electron chi connectivity index (χ1n) is 7.78. The van der Waals surface area contributed by atoms with E-state index < -0.39 is 41.1 Å². The molecule has 0 fully saturated rings. The highest BCUT2D eigenvalue weighted by Crippen LogP contribution is 2.30. The Hall–Kier alpha value is -2.72. The van der Waals surface area contributed by atoms with E-state index in [1.807, 2.05) is 5.32 Å². The number of carbonyl (C=O) groups excluding carboxylic acids is 1. The largest absolute Gasteiger partial charge is 0.506 e. The van der Waals surface area contributed by atoms with Crippen LogP contribution in [0.1, 0.15) is 27.2 Å². The van der Waals surface area contributed by atoms with Crippen LogP contribution in [-0.4, -0.2) is 33.2 Å². The summed E-state index contributed by atoms with van der Waals surface area (Å²) in [4.78, 5) is 35.7. The summed E-state index contributed by atoms with van der Waals surface area (Å²) >= 11 is 3.15. The van der Waals surface area contributed by atoms with Crippen molar-refractivity contribution in [1.82, 2.24) is 9.88 Å². The Morgan fingerprint density at radius 1 is 1.33 bits per heavy atom. The molecule has 27 heavy (non-hydrogen) atoms. The van der Waals surface area contributed by atoms with Gasteiger partial charge in [0, 0.05) is 15.6 Å². The minimum absolute atomic E-state index is 0.0211. The Bertz CT molecular complexity index is 1000. The lowest BCUT2D eigenvalue weighted by atomic mass is 10.1. The number of ether oxygens (including phenoxy) is 1. The number of carbonyl (C=O) groups is 2. The van der Waals surface area contributed by atoms with E-state index in [-0.39, 0.29) is 30.9 Å². The van der Waals surface area contributed by atoms with Crippen LogP contribution in [0.2, 0.25) is 0 Å². The first kappa shape index (κ1) is 19.1. The van der Waals surface area contributed by atoms with Gasteiger partial charge in [0.1, 0.15) is 23.7 Å². The van der Waals surface area contributed by atoms with Gasteiger partial charge in [-0.15, -0.1) is 0 Å². The molecule has 142 valence electrons. The number of fused-ring (bicyclic) bond motifs is 1. The van der Waals surface area contributed by atoms with E-state index in [9.17, 15) is 23.9 Å². The molecule has 3 N–H and O–H groups in total. The number of halogens is 2. The van der Waals surface area contributed by atoms with E-state index in [0.29, 0.717) is 10.2 Å². The molecule has 2 aromatic rings. The zero-order valence-electron chi connectivity index (χ0n) is 13.8. The highest BCUT2D eigenvalue weighted by Gasteiger charge is 2.29. The monoisotopic (exact) mass is 440 g/mol. The topological polar surface area (TPSA) is 118 Å². The van der Waals surface area contributed by atoms with E-state index in [4.69, 9.17) is 9.84 Å². The Morgan fingerprint density at radius 2 is 2.07 bits per heavy atom. The van der Waals surface area contributed by atoms with Crippen LogP contribution in [0.3, 0.4) is 0 Å². The Labute approximate surface area is 160 Å². The number of amides is 1. The molecule has 0 saturated carbocycles. The summed E-state index contributed by atoms with van der Waals surface area (Å²) < 4.78 is 21.2. The molecule has 8 nitrogen and oxygen atoms in total. The number of aliphatic carboxylic acids is 1. The Balaban J connectivity index is 2.09. The van der Waals surface area contributed by atoms with Gasteiger partial charge in [0.25, 0.3) is 11.5 Å². The zero-order valence-corrected chi connectivity index (χ0v) is 15.4. The van der Waals surface area contributed by atoms with Crippen LogP contribution in [0.4, 0.5) is 4.39 Å². The van der Waals surface area contributed by atoms with Crippen molar-refractivity contribution in [3.8, 4) is 5.75 Å². The Morgan fingerprint density at radius 3 is 2.74 bits per heavy atom. The van der Waals surface area contributed by atoms with Crippen molar-refractivity contribution in [1.29, 1.82) is 0 Å². The van der Waals surface area contributed by atoms with Gasteiger partial charge in [-0.3, -0.25) is 14.4 Å². The summed E-state index contributed by atoms with van der Waals surface area (Å²) in [7, 11) is 0. The smallest absolute Gasteiger partial charge is 0.322 e. The number of pyridine rings is 1. The molecular weight excluding hydrogens is 427 g/mol. The van der Waals surface area contributed by atoms with Crippen molar-refractivity contribution in [3.05, 3.63) is 61.2 Å². The maximum absolute atomic E-state index is 14.2. The van der Waals surface area contributed by atoms with Gasteiger partial charge >= 0.3 is 5.97 Å². The molecule has 0 spiro atoms. The number of hydrogen-bond donors (Lipinski definition) is 3. The summed E-state index contributed by atoms with van der Waals surface area (Å²) in [5.41, 5.74) is -0.667. The average molecular weight is 441 g/mol. The van der Waals surface area contributed by atoms with Crippen molar-refractivity contribution in [3.63, 3.8) is 0 Å². The van der Waals surface area contributed by atoms with Gasteiger partial charge in [-0.05, 0) is 12.1 Å². The standard InChI is InChI=1S/C17H14BrFN2O6/c18-9-2-1-8(11(19)3-9)5-21-12-7-27-6-10(12)15(24)14(17(21)26)16(25)20-4-13(22)23/h1-3,24H,4-7H2,(H,20,25)(H,22,23). The maximum atomic E-state index is 14.2. The minimum atomic E-state index is -1.30. The van der Waals surface area contributed by atoms with Crippen LogP contribution in [0.15, 0.2) is 27.5 Å². The van der Waals surface area contributed by atoms with Gasteiger partial charge in [0.05, 0.1) is 25.5 Å². The summed E-state index contributed by atoms with van der Waals surface area (Å²) in [6, 6.07) is 4.35. The number of carboxylic acid groups (broad SMARTS) is 1. The SMILES string of the molecule is O=C(O)CNC(=O)c1c(O)c2c(n(Cc3ccc(Br)cc3F)c1=O)COC2. The van der Waals surface area contributed by atoms with Gasteiger partial charge < -0.3 is 24.8 Å². The van der Waals surface area contributed by atoms with E-state index in [2.05, 4.69) is 15.9 Å². The van der Waals surface area contributed by atoms with Crippen molar-refractivity contribution >= 4 is 27.8 Å². The number of hydrogen-bond acceptors (Lipinski definition) is 5. The highest BCUT2D eigenvalue weighted by atomic mass is 79.9. The fraction of sp³-hybridized carbons (Fsp3) is 0.235. The molecule has 1 aromatic heterocycles. The normalized spacial score (nSPS) is 12.7. The fourth-order valence-corrected chi connectivity index (χ4v) is 3.15. The lowest BCUT2D eigenvalue weighted by Crippen LogP contribution is -2.37. The minimum Gasteiger partial charge on any atom is -0.506 e. The summed E-state index contributed by atoms with van der Waals surface area (Å²) in [6.45, 7) is -0.896. The molecule has 0 unspecified atom stereocenters. The van der Waals surface area contributed by atoms with Crippen LogP contribution < -0.4 is 10.9 Å². The summed E-state index contributed by atoms with van der Waals surface area (Å²) in [5.74, 6) is -3.43. The maximum Gasteiger partial charge on any atom is 0.322 e. The van der Waals surface area contributed by atoms with Crippen LogP contribution >= 0.6 is 15.9 Å². The number of aromatic nitrogens is 1. The molecule has 1 aliphatic rings. The van der Waals surface area contributed by atoms with Crippen molar-refractivity contribution < 1.29 is 28.9 Å². The van der Waals surface area contributed by atoms with Gasteiger partial charge in [-0.2, -0.15) is 0 Å². The van der Waals surface area contributed by atoms with Gasteiger partial charge in [-0.25, -0.2) is 4.39 Å². The predicted octanol–water partition coefficient (Wildman–Crippen LogP) is 1.35. The van der Waals surface area contributed by atoms with Gasteiger partial charge in [0.15, 0.2) is 0 Å². The van der Waals surface area contributed by atoms with Crippen LogP contribution in [0.5, 0.6) is 5.75 Å². The van der Waals surface area contributed by atoms with E-state index in [0.717, 1.165) is 4.57 Å². The van der Waals surface area contributed by atoms with Crippen molar-refractivity contribution in [2.75, 3.05) is 6.54 Å². The molecule has 2 heterocycles. The average Bonchev–Trinajstić information content (AvgIpc) is 3.08. The molecule has 0 saturated heterocycles. The molecule has 10 heteroatoms. The third-order valence-corrected chi connectivity index (χ3v) is 4.61. The second-order valence-electron chi connectivity index (χ2n) is 5.85. The fourth-order valence-electron chi connectivity index (χ4n) is 2.81. The van der Waals surface area contributed by atoms with Crippen LogP contribution in [-0.2, 0) is 29.3 Å². The molecule has 0 bridgehead atoms.